The second kappa shape index (κ2) is 9.12. The lowest BCUT2D eigenvalue weighted by molar-refractivity contribution is 0.0635. The Bertz CT molecular complexity index is 1080. The summed E-state index contributed by atoms with van der Waals surface area (Å²) in [5.41, 5.74) is 4.09. The zero-order chi connectivity index (χ0) is 21.9. The van der Waals surface area contributed by atoms with Crippen LogP contribution in [0.15, 0.2) is 47.0 Å². The van der Waals surface area contributed by atoms with E-state index in [9.17, 15) is 4.79 Å². The van der Waals surface area contributed by atoms with E-state index in [2.05, 4.69) is 34.1 Å². The molecule has 0 N–H and O–H groups in total. The maximum atomic E-state index is 12.9. The summed E-state index contributed by atoms with van der Waals surface area (Å²) >= 11 is 0. The Hall–Kier alpha value is -3.19. The average molecular weight is 433 g/mol. The van der Waals surface area contributed by atoms with E-state index in [0.717, 1.165) is 74.4 Å². The molecule has 5 rings (SSSR count). The fourth-order valence-corrected chi connectivity index (χ4v) is 4.31. The number of piperazine rings is 1. The van der Waals surface area contributed by atoms with Gasteiger partial charge in [-0.2, -0.15) is 4.98 Å². The molecule has 3 aromatic rings. The van der Waals surface area contributed by atoms with E-state index in [1.165, 1.54) is 5.56 Å². The molecular weight excluding hydrogens is 404 g/mol. The van der Waals surface area contributed by atoms with E-state index < -0.39 is 0 Å². The largest absolute Gasteiger partial charge is 0.493 e. The Morgan fingerprint density at radius 3 is 2.69 bits per heavy atom. The lowest BCUT2D eigenvalue weighted by Gasteiger charge is -2.34. The van der Waals surface area contributed by atoms with Gasteiger partial charge in [-0.05, 0) is 43.7 Å². The van der Waals surface area contributed by atoms with Crippen molar-refractivity contribution in [3.8, 4) is 17.1 Å². The number of nitrogens with zero attached hydrogens (tertiary/aromatic N) is 4. The number of fused-ring (bicyclic) bond motifs is 1. The van der Waals surface area contributed by atoms with Crippen LogP contribution in [0.5, 0.6) is 5.75 Å². The second-order valence-electron chi connectivity index (χ2n) is 8.54. The Morgan fingerprint density at radius 2 is 1.88 bits per heavy atom. The number of carbonyl (C=O) groups excluding carboxylic acids is 1. The summed E-state index contributed by atoms with van der Waals surface area (Å²) in [5.74, 6) is 2.35. The number of aryl methyl sites for hydroxylation is 2. The first kappa shape index (κ1) is 20.7. The van der Waals surface area contributed by atoms with Crippen LogP contribution in [0.3, 0.4) is 0 Å². The molecule has 0 bridgehead atoms. The molecule has 32 heavy (non-hydrogen) atoms. The van der Waals surface area contributed by atoms with Crippen LogP contribution in [0, 0.1) is 6.92 Å². The molecule has 0 radical (unpaired) electrons. The van der Waals surface area contributed by atoms with Gasteiger partial charge in [-0.15, -0.1) is 0 Å². The van der Waals surface area contributed by atoms with Crippen molar-refractivity contribution in [1.82, 2.24) is 19.9 Å². The van der Waals surface area contributed by atoms with Crippen molar-refractivity contribution in [3.05, 3.63) is 65.0 Å². The van der Waals surface area contributed by atoms with Crippen molar-refractivity contribution in [2.24, 2.45) is 0 Å². The number of ether oxygens (including phenoxy) is 1. The van der Waals surface area contributed by atoms with Gasteiger partial charge in [0.05, 0.1) is 6.61 Å². The number of amides is 1. The molecule has 1 aromatic heterocycles. The molecule has 7 nitrogen and oxygen atoms in total. The minimum absolute atomic E-state index is 0.119. The lowest BCUT2D eigenvalue weighted by atomic mass is 10.1. The van der Waals surface area contributed by atoms with Crippen LogP contribution in [0.1, 0.15) is 33.8 Å². The van der Waals surface area contributed by atoms with Crippen molar-refractivity contribution in [2.45, 2.75) is 26.2 Å². The predicted molar refractivity (Wildman–Crippen MR) is 121 cm³/mol. The molecule has 1 amide bonds. The van der Waals surface area contributed by atoms with Gasteiger partial charge in [-0.25, -0.2) is 0 Å². The summed E-state index contributed by atoms with van der Waals surface area (Å²) < 4.78 is 11.0. The fourth-order valence-electron chi connectivity index (χ4n) is 4.31. The van der Waals surface area contributed by atoms with Crippen molar-refractivity contribution < 1.29 is 14.1 Å². The van der Waals surface area contributed by atoms with Gasteiger partial charge in [-0.3, -0.25) is 9.69 Å². The molecule has 7 heteroatoms. The first-order valence-electron chi connectivity index (χ1n) is 11.3. The molecular formula is C25H28N4O3. The molecule has 166 valence electrons. The highest BCUT2D eigenvalue weighted by Gasteiger charge is 2.23. The van der Waals surface area contributed by atoms with Crippen molar-refractivity contribution >= 4 is 5.91 Å². The van der Waals surface area contributed by atoms with E-state index in [-0.39, 0.29) is 5.91 Å². The first-order valence-corrected chi connectivity index (χ1v) is 11.3. The maximum Gasteiger partial charge on any atom is 0.253 e. The number of benzene rings is 2. The van der Waals surface area contributed by atoms with Crippen molar-refractivity contribution in [1.29, 1.82) is 0 Å². The van der Waals surface area contributed by atoms with Crippen molar-refractivity contribution in [2.75, 3.05) is 39.3 Å². The molecule has 1 fully saturated rings. The van der Waals surface area contributed by atoms with E-state index in [1.54, 1.807) is 0 Å². The third-order valence-electron chi connectivity index (χ3n) is 6.24. The van der Waals surface area contributed by atoms with Gasteiger partial charge in [0, 0.05) is 50.1 Å². The fraction of sp³-hybridized carbons (Fsp3) is 0.400. The third kappa shape index (κ3) is 4.53. The van der Waals surface area contributed by atoms with E-state index in [1.807, 2.05) is 35.2 Å². The molecule has 3 heterocycles. The number of hydrogen-bond acceptors (Lipinski definition) is 6. The summed E-state index contributed by atoms with van der Waals surface area (Å²) in [6.07, 6.45) is 2.60. The minimum Gasteiger partial charge on any atom is -0.493 e. The summed E-state index contributed by atoms with van der Waals surface area (Å²) in [5, 5.41) is 4.11. The molecule has 1 saturated heterocycles. The average Bonchev–Trinajstić information content (AvgIpc) is 3.49. The Kier molecular flexibility index (Phi) is 5.90. The van der Waals surface area contributed by atoms with Gasteiger partial charge in [0.15, 0.2) is 0 Å². The zero-order valence-corrected chi connectivity index (χ0v) is 18.4. The lowest BCUT2D eigenvalue weighted by Crippen LogP contribution is -2.48. The third-order valence-corrected chi connectivity index (χ3v) is 6.24. The molecule has 0 saturated carbocycles. The molecule has 2 aliphatic rings. The summed E-state index contributed by atoms with van der Waals surface area (Å²) in [6.45, 7) is 7.01. The highest BCUT2D eigenvalue weighted by atomic mass is 16.5. The molecule has 0 spiro atoms. The van der Waals surface area contributed by atoms with Crippen molar-refractivity contribution in [3.63, 3.8) is 0 Å². The van der Waals surface area contributed by atoms with Crippen LogP contribution >= 0.6 is 0 Å². The van der Waals surface area contributed by atoms with Gasteiger partial charge in [-0.1, -0.05) is 35.0 Å². The van der Waals surface area contributed by atoms with Crippen LogP contribution in [-0.4, -0.2) is 65.2 Å². The Balaban J connectivity index is 1.07. The van der Waals surface area contributed by atoms with Crippen LogP contribution < -0.4 is 4.74 Å². The second-order valence-corrected chi connectivity index (χ2v) is 8.54. The number of carbonyl (C=O) groups is 1. The van der Waals surface area contributed by atoms with Crippen LogP contribution in [-0.2, 0) is 12.8 Å². The standard InChI is InChI=1S/C25H28N4O3/c1-18-4-6-19(7-5-18)24-26-23(32-27-24)3-2-11-28-12-14-29(15-13-28)25(30)21-8-9-22-20(17-21)10-16-31-22/h4-9,17H,2-3,10-16H2,1H3. The Labute approximate surface area is 188 Å². The molecule has 0 atom stereocenters. The maximum absolute atomic E-state index is 12.9. The predicted octanol–water partition coefficient (Wildman–Crippen LogP) is 3.37. The number of aromatic nitrogens is 2. The highest BCUT2D eigenvalue weighted by Crippen LogP contribution is 2.26. The molecule has 0 unspecified atom stereocenters. The molecule has 0 aliphatic carbocycles. The summed E-state index contributed by atoms with van der Waals surface area (Å²) in [7, 11) is 0. The first-order chi connectivity index (χ1) is 15.7. The quantitative estimate of drug-likeness (QED) is 0.595. The van der Waals surface area contributed by atoms with Gasteiger partial charge in [0.1, 0.15) is 5.75 Å². The highest BCUT2D eigenvalue weighted by molar-refractivity contribution is 5.94. The molecule has 2 aliphatic heterocycles. The summed E-state index contributed by atoms with van der Waals surface area (Å²) in [4.78, 5) is 21.8. The normalized spacial score (nSPS) is 16.1. The zero-order valence-electron chi connectivity index (χ0n) is 18.4. The van der Waals surface area contributed by atoms with Gasteiger partial charge >= 0.3 is 0 Å². The van der Waals surface area contributed by atoms with Crippen LogP contribution in [0.4, 0.5) is 0 Å². The van der Waals surface area contributed by atoms with Gasteiger partial charge in [0.2, 0.25) is 11.7 Å². The van der Waals surface area contributed by atoms with E-state index in [4.69, 9.17) is 9.26 Å². The van der Waals surface area contributed by atoms with E-state index in [0.29, 0.717) is 18.3 Å². The van der Waals surface area contributed by atoms with Gasteiger partial charge in [0.25, 0.3) is 5.91 Å². The van der Waals surface area contributed by atoms with Gasteiger partial charge < -0.3 is 14.2 Å². The molecule has 2 aromatic carbocycles. The van der Waals surface area contributed by atoms with Crippen LogP contribution in [0.25, 0.3) is 11.4 Å². The number of rotatable bonds is 6. The monoisotopic (exact) mass is 432 g/mol. The SMILES string of the molecule is Cc1ccc(-c2noc(CCCN3CCN(C(=O)c4ccc5c(c4)CCO5)CC3)n2)cc1. The number of hydrogen-bond donors (Lipinski definition) is 0. The van der Waals surface area contributed by atoms with E-state index >= 15 is 0 Å². The Morgan fingerprint density at radius 1 is 1.06 bits per heavy atom. The van der Waals surface area contributed by atoms with Crippen LogP contribution in [0.2, 0.25) is 0 Å². The topological polar surface area (TPSA) is 71.7 Å². The summed E-state index contributed by atoms with van der Waals surface area (Å²) in [6, 6.07) is 13.9. The minimum atomic E-state index is 0.119. The smallest absolute Gasteiger partial charge is 0.253 e.